The van der Waals surface area contributed by atoms with Gasteiger partial charge in [-0.3, -0.25) is 0 Å². The normalized spacial score (nSPS) is 23.7. The Bertz CT molecular complexity index is 1060. The molecule has 4 rings (SSSR count). The third-order valence-corrected chi connectivity index (χ3v) is 7.24. The van der Waals surface area contributed by atoms with Crippen molar-refractivity contribution in [2.45, 2.75) is 43.3 Å². The number of hydrogen-bond acceptors (Lipinski definition) is 3. The summed E-state index contributed by atoms with van der Waals surface area (Å²) < 4.78 is 92.0. The zero-order valence-corrected chi connectivity index (χ0v) is 22.8. The van der Waals surface area contributed by atoms with Gasteiger partial charge in [0.15, 0.2) is 0 Å². The molecule has 0 aliphatic carbocycles. The van der Waals surface area contributed by atoms with Crippen molar-refractivity contribution >= 4 is 6.09 Å². The first-order chi connectivity index (χ1) is 17.3. The van der Waals surface area contributed by atoms with Crippen molar-refractivity contribution in [1.82, 2.24) is 5.32 Å². The zero-order chi connectivity index (χ0) is 26.9. The Balaban J connectivity index is 0.00000400. The summed E-state index contributed by atoms with van der Waals surface area (Å²) in [6.45, 7) is 2.89. The summed E-state index contributed by atoms with van der Waals surface area (Å²) in [5.41, 5.74) is -2.00. The Kier molecular flexibility index (Phi) is 9.29. The molecule has 0 atom stereocenters. The summed E-state index contributed by atoms with van der Waals surface area (Å²) >= 11 is 0. The number of alkyl carbamates (subject to hydrolysis) is 1. The van der Waals surface area contributed by atoms with Crippen LogP contribution in [0.2, 0.25) is 0 Å². The molecule has 38 heavy (non-hydrogen) atoms. The zero-order valence-electron chi connectivity index (χ0n) is 20.7. The average molecular weight is 658 g/mol. The van der Waals surface area contributed by atoms with Crippen molar-refractivity contribution in [1.29, 1.82) is 0 Å². The number of carbonyl (C=O) groups is 1. The first-order valence-electron chi connectivity index (χ1n) is 12.1. The number of halogens is 7. The largest absolute Gasteiger partial charge is 1.00 e. The molecule has 2 aliphatic rings. The van der Waals surface area contributed by atoms with E-state index in [4.69, 9.17) is 9.47 Å². The minimum atomic E-state index is -4.60. The van der Waals surface area contributed by atoms with Crippen LogP contribution < -0.4 is 29.3 Å². The number of likely N-dealkylation sites (tertiary alicyclic amines) is 1. The van der Waals surface area contributed by atoms with Gasteiger partial charge in [-0.25, -0.2) is 4.79 Å². The molecule has 2 fully saturated rings. The molecular weight excluding hydrogens is 629 g/mol. The lowest BCUT2D eigenvalue weighted by Gasteiger charge is -2.43. The summed E-state index contributed by atoms with van der Waals surface area (Å²) in [6.07, 6.45) is -8.72. The second-order valence-electron chi connectivity index (χ2n) is 10.1. The van der Waals surface area contributed by atoms with Crippen LogP contribution in [0.15, 0.2) is 48.5 Å². The van der Waals surface area contributed by atoms with E-state index >= 15 is 0 Å². The van der Waals surface area contributed by atoms with Gasteiger partial charge in [0.25, 0.3) is 0 Å². The van der Waals surface area contributed by atoms with Gasteiger partial charge < -0.3 is 43.3 Å². The molecule has 2 saturated heterocycles. The maximum Gasteiger partial charge on any atom is 0.416 e. The highest BCUT2D eigenvalue weighted by Gasteiger charge is 2.47. The molecule has 0 bridgehead atoms. The summed E-state index contributed by atoms with van der Waals surface area (Å²) in [7, 11) is 2.08. The van der Waals surface area contributed by atoms with Crippen LogP contribution in [0.25, 0.3) is 0 Å². The van der Waals surface area contributed by atoms with Crippen LogP contribution in [0, 0.1) is 0 Å². The van der Waals surface area contributed by atoms with Gasteiger partial charge in [0.2, 0.25) is 0 Å². The molecule has 12 heteroatoms. The van der Waals surface area contributed by atoms with Crippen LogP contribution in [0.5, 0.6) is 0 Å². The van der Waals surface area contributed by atoms with E-state index in [1.807, 2.05) is 0 Å². The lowest BCUT2D eigenvalue weighted by molar-refractivity contribution is -0.916. The number of piperidine rings is 1. The molecule has 2 aromatic carbocycles. The molecule has 0 saturated carbocycles. The van der Waals surface area contributed by atoms with Crippen molar-refractivity contribution in [3.8, 4) is 0 Å². The highest BCUT2D eigenvalue weighted by molar-refractivity contribution is 5.70. The lowest BCUT2D eigenvalue weighted by atomic mass is 9.90. The molecule has 0 aromatic heterocycles. The summed E-state index contributed by atoms with van der Waals surface area (Å²) in [5, 5.41) is 2.70. The molecule has 1 spiro atoms. The average Bonchev–Trinajstić information content (AvgIpc) is 3.21. The van der Waals surface area contributed by atoms with Crippen LogP contribution in [-0.2, 0) is 21.8 Å². The number of nitrogens with one attached hydrogen (secondary N) is 1. The SMILES string of the molecule is C[N+]1(CCCOC(c2cccc(C(F)(F)F)c2)c2cccc(C(F)(F)F)c2)CCC2(CC1)CNC(=O)O2.[I-]. The van der Waals surface area contributed by atoms with Crippen molar-refractivity contribution in [3.05, 3.63) is 70.8 Å². The van der Waals surface area contributed by atoms with Crippen molar-refractivity contribution < 1.29 is 69.1 Å². The maximum absolute atomic E-state index is 13.3. The molecule has 210 valence electrons. The van der Waals surface area contributed by atoms with Gasteiger partial charge in [0, 0.05) is 19.3 Å². The molecule has 5 nitrogen and oxygen atoms in total. The van der Waals surface area contributed by atoms with Crippen LogP contribution in [0.4, 0.5) is 31.1 Å². The lowest BCUT2D eigenvalue weighted by Crippen LogP contribution is -3.00. The number of carbonyl (C=O) groups excluding carboxylic acids is 1. The fourth-order valence-electron chi connectivity index (χ4n) is 4.98. The van der Waals surface area contributed by atoms with E-state index in [2.05, 4.69) is 12.4 Å². The fourth-order valence-corrected chi connectivity index (χ4v) is 4.98. The van der Waals surface area contributed by atoms with Gasteiger partial charge in [-0.2, -0.15) is 26.3 Å². The van der Waals surface area contributed by atoms with E-state index in [9.17, 15) is 31.1 Å². The second-order valence-corrected chi connectivity index (χ2v) is 10.1. The topological polar surface area (TPSA) is 47.6 Å². The number of nitrogens with zero attached hydrogens (tertiary/aromatic N) is 1. The number of hydrogen-bond donors (Lipinski definition) is 1. The molecular formula is C26H29F6IN2O3. The highest BCUT2D eigenvalue weighted by Crippen LogP contribution is 2.36. The number of amides is 1. The Morgan fingerprint density at radius 3 is 1.95 bits per heavy atom. The van der Waals surface area contributed by atoms with Crippen LogP contribution >= 0.6 is 0 Å². The Morgan fingerprint density at radius 2 is 1.50 bits per heavy atom. The third kappa shape index (κ3) is 7.32. The molecule has 1 N–H and O–H groups in total. The third-order valence-electron chi connectivity index (χ3n) is 7.24. The van der Waals surface area contributed by atoms with Crippen molar-refractivity contribution in [2.75, 3.05) is 39.8 Å². The number of rotatable bonds is 7. The summed E-state index contributed by atoms with van der Waals surface area (Å²) in [6, 6.07) is 8.96. The Hall–Kier alpha value is -2.06. The quantitative estimate of drug-likeness (QED) is 0.216. The van der Waals surface area contributed by atoms with Crippen LogP contribution in [-0.4, -0.2) is 56.0 Å². The predicted octanol–water partition coefficient (Wildman–Crippen LogP) is 2.94. The molecule has 0 unspecified atom stereocenters. The number of ether oxygens (including phenoxy) is 2. The molecule has 0 radical (unpaired) electrons. The van der Waals surface area contributed by atoms with E-state index in [1.165, 1.54) is 24.3 Å². The number of quaternary nitrogens is 1. The smallest absolute Gasteiger partial charge is 0.416 e. The van der Waals surface area contributed by atoms with Crippen molar-refractivity contribution in [3.63, 3.8) is 0 Å². The van der Waals surface area contributed by atoms with Crippen LogP contribution in [0.1, 0.15) is 47.6 Å². The van der Waals surface area contributed by atoms with E-state index in [1.54, 1.807) is 0 Å². The molecule has 2 aromatic rings. The minimum absolute atomic E-state index is 0. The summed E-state index contributed by atoms with van der Waals surface area (Å²) in [4.78, 5) is 11.5. The van der Waals surface area contributed by atoms with Gasteiger partial charge in [-0.1, -0.05) is 24.3 Å². The van der Waals surface area contributed by atoms with Gasteiger partial charge in [-0.15, -0.1) is 0 Å². The number of alkyl halides is 6. The second kappa shape index (κ2) is 11.6. The maximum atomic E-state index is 13.3. The number of benzene rings is 2. The van der Waals surface area contributed by atoms with Gasteiger partial charge in [0.05, 0.1) is 51.0 Å². The molecule has 2 aliphatic heterocycles. The monoisotopic (exact) mass is 658 g/mol. The Morgan fingerprint density at radius 1 is 0.974 bits per heavy atom. The first kappa shape index (κ1) is 30.5. The fraction of sp³-hybridized carbons (Fsp3) is 0.500. The van der Waals surface area contributed by atoms with Gasteiger partial charge in [0.1, 0.15) is 11.7 Å². The van der Waals surface area contributed by atoms with Gasteiger partial charge >= 0.3 is 18.4 Å². The summed E-state index contributed by atoms with van der Waals surface area (Å²) in [5.74, 6) is 0. The van der Waals surface area contributed by atoms with Crippen molar-refractivity contribution in [2.24, 2.45) is 0 Å². The van der Waals surface area contributed by atoms with Gasteiger partial charge in [-0.05, 0) is 35.4 Å². The van der Waals surface area contributed by atoms with E-state index in [0.29, 0.717) is 36.8 Å². The van der Waals surface area contributed by atoms with E-state index in [-0.39, 0.29) is 41.7 Å². The minimum Gasteiger partial charge on any atom is -1.00 e. The molecule has 1 amide bonds. The highest BCUT2D eigenvalue weighted by atomic mass is 127. The molecule has 2 heterocycles. The Labute approximate surface area is 234 Å². The van der Waals surface area contributed by atoms with Crippen LogP contribution in [0.3, 0.4) is 0 Å². The standard InChI is InChI=1S/C26H28F6N2O3.HI/c1-34(12-9-24(10-13-34)17-33-23(35)37-24)11-4-14-36-22(18-5-2-7-20(15-18)25(27,28)29)19-6-3-8-21(16-19)26(30,31)32;/h2-3,5-8,15-16,22H,4,9-14,17H2,1H3;1H. The first-order valence-corrected chi connectivity index (χ1v) is 12.1. The van der Waals surface area contributed by atoms with E-state index < -0.39 is 41.3 Å². The van der Waals surface area contributed by atoms with E-state index in [0.717, 1.165) is 37.4 Å². The predicted molar refractivity (Wildman–Crippen MR) is 123 cm³/mol.